The highest BCUT2D eigenvalue weighted by Gasteiger charge is 2.20. The summed E-state index contributed by atoms with van der Waals surface area (Å²) in [6.45, 7) is 4.90. The zero-order valence-corrected chi connectivity index (χ0v) is 14.4. The van der Waals surface area contributed by atoms with Crippen LogP contribution in [0, 0.1) is 0 Å². The topological polar surface area (TPSA) is 35.6 Å². The number of nitrogens with zero attached hydrogens (tertiary/aromatic N) is 2. The molecule has 1 aromatic carbocycles. The summed E-state index contributed by atoms with van der Waals surface area (Å²) < 4.78 is 0. The smallest absolute Gasteiger partial charge is 0.317 e. The van der Waals surface area contributed by atoms with Gasteiger partial charge in [0.1, 0.15) is 0 Å². The van der Waals surface area contributed by atoms with Crippen LogP contribution < -0.4 is 5.32 Å². The number of nitrogens with one attached hydrogen (secondary N) is 1. The fourth-order valence-corrected chi connectivity index (χ4v) is 3.43. The second kappa shape index (κ2) is 7.81. The van der Waals surface area contributed by atoms with Crippen molar-refractivity contribution < 1.29 is 4.79 Å². The van der Waals surface area contributed by atoms with Gasteiger partial charge < -0.3 is 10.2 Å². The number of carbonyl (C=O) groups excluding carboxylic acids is 1. The number of hydrogen-bond donors (Lipinski definition) is 1. The molecule has 1 fully saturated rings. The fraction of sp³-hybridized carbons (Fsp3) is 0.353. The molecular weight excluding hydrogens is 330 g/mol. The van der Waals surface area contributed by atoms with E-state index in [9.17, 15) is 4.79 Å². The van der Waals surface area contributed by atoms with E-state index in [0.29, 0.717) is 11.6 Å². The largest absolute Gasteiger partial charge is 0.334 e. The van der Waals surface area contributed by atoms with E-state index < -0.39 is 0 Å². The minimum atomic E-state index is 0.00938. The second-order valence-corrected chi connectivity index (χ2v) is 6.90. The summed E-state index contributed by atoms with van der Waals surface area (Å²) in [7, 11) is 0. The minimum absolute atomic E-state index is 0.00938. The Morgan fingerprint density at radius 1 is 1.09 bits per heavy atom. The predicted molar refractivity (Wildman–Crippen MR) is 94.9 cm³/mol. The number of piperazine rings is 1. The molecule has 0 spiro atoms. The number of urea groups is 1. The van der Waals surface area contributed by atoms with Gasteiger partial charge in [0.2, 0.25) is 0 Å². The van der Waals surface area contributed by atoms with Gasteiger partial charge in [-0.1, -0.05) is 23.7 Å². The van der Waals surface area contributed by atoms with Gasteiger partial charge in [0, 0.05) is 44.3 Å². The number of hydrogen-bond acceptors (Lipinski definition) is 3. The fourth-order valence-electron chi connectivity index (χ4n) is 2.64. The molecule has 1 aliphatic heterocycles. The number of rotatable bonds is 4. The molecule has 2 amide bonds. The SMILES string of the molecule is O=C(NCc1ccc(Cl)cc1)N1CCN(Cc2ccsc2)CC1. The van der Waals surface area contributed by atoms with Crippen molar-refractivity contribution >= 4 is 29.0 Å². The number of benzene rings is 1. The molecule has 0 saturated carbocycles. The van der Waals surface area contributed by atoms with Crippen molar-refractivity contribution in [2.24, 2.45) is 0 Å². The first-order chi connectivity index (χ1) is 11.2. The first-order valence-corrected chi connectivity index (χ1v) is 9.03. The zero-order chi connectivity index (χ0) is 16.1. The van der Waals surface area contributed by atoms with Gasteiger partial charge in [-0.15, -0.1) is 0 Å². The maximum atomic E-state index is 12.2. The Morgan fingerprint density at radius 2 is 1.83 bits per heavy atom. The zero-order valence-electron chi connectivity index (χ0n) is 12.9. The van der Waals surface area contributed by atoms with E-state index >= 15 is 0 Å². The monoisotopic (exact) mass is 349 g/mol. The standard InChI is InChI=1S/C17H20ClN3OS/c18-16-3-1-14(2-4-16)11-19-17(22)21-8-6-20(7-9-21)12-15-5-10-23-13-15/h1-5,10,13H,6-9,11-12H2,(H,19,22). The second-order valence-electron chi connectivity index (χ2n) is 5.68. The van der Waals surface area contributed by atoms with E-state index in [4.69, 9.17) is 11.6 Å². The van der Waals surface area contributed by atoms with Crippen LogP contribution in [0.3, 0.4) is 0 Å². The highest BCUT2D eigenvalue weighted by atomic mass is 35.5. The summed E-state index contributed by atoms with van der Waals surface area (Å²) in [5, 5.41) is 7.98. The summed E-state index contributed by atoms with van der Waals surface area (Å²) >= 11 is 7.59. The van der Waals surface area contributed by atoms with Gasteiger partial charge in [-0.05, 0) is 40.1 Å². The molecule has 0 radical (unpaired) electrons. The van der Waals surface area contributed by atoms with Gasteiger partial charge in [-0.2, -0.15) is 11.3 Å². The molecule has 1 aromatic heterocycles. The van der Waals surface area contributed by atoms with E-state index in [-0.39, 0.29) is 6.03 Å². The van der Waals surface area contributed by atoms with Crippen LogP contribution in [0.5, 0.6) is 0 Å². The molecular formula is C17H20ClN3OS. The van der Waals surface area contributed by atoms with Crippen molar-refractivity contribution in [2.45, 2.75) is 13.1 Å². The molecule has 0 unspecified atom stereocenters. The molecule has 2 heterocycles. The molecule has 23 heavy (non-hydrogen) atoms. The average Bonchev–Trinajstić information content (AvgIpc) is 3.08. The van der Waals surface area contributed by atoms with Crippen molar-refractivity contribution in [3.8, 4) is 0 Å². The van der Waals surface area contributed by atoms with E-state index in [0.717, 1.165) is 38.3 Å². The first kappa shape index (κ1) is 16.3. The maximum Gasteiger partial charge on any atom is 0.317 e. The number of thiophene rings is 1. The third-order valence-corrected chi connectivity index (χ3v) is 4.99. The van der Waals surface area contributed by atoms with Crippen LogP contribution in [-0.2, 0) is 13.1 Å². The average molecular weight is 350 g/mol. The molecule has 1 aliphatic rings. The lowest BCUT2D eigenvalue weighted by Gasteiger charge is -2.34. The molecule has 6 heteroatoms. The lowest BCUT2D eigenvalue weighted by Crippen LogP contribution is -2.51. The van der Waals surface area contributed by atoms with E-state index in [2.05, 4.69) is 27.0 Å². The van der Waals surface area contributed by atoms with Crippen molar-refractivity contribution in [2.75, 3.05) is 26.2 Å². The quantitative estimate of drug-likeness (QED) is 0.917. The molecule has 3 rings (SSSR count). The lowest BCUT2D eigenvalue weighted by molar-refractivity contribution is 0.135. The van der Waals surface area contributed by atoms with Gasteiger partial charge in [0.25, 0.3) is 0 Å². The number of amides is 2. The Bertz CT molecular complexity index is 622. The molecule has 0 atom stereocenters. The van der Waals surface area contributed by atoms with E-state index in [1.165, 1.54) is 5.56 Å². The Labute approximate surface area is 145 Å². The van der Waals surface area contributed by atoms with Gasteiger partial charge >= 0.3 is 6.03 Å². The van der Waals surface area contributed by atoms with Crippen LogP contribution in [0.1, 0.15) is 11.1 Å². The van der Waals surface area contributed by atoms with E-state index in [1.54, 1.807) is 11.3 Å². The molecule has 2 aromatic rings. The van der Waals surface area contributed by atoms with Crippen molar-refractivity contribution in [3.05, 3.63) is 57.2 Å². The van der Waals surface area contributed by atoms with Crippen LogP contribution in [0.25, 0.3) is 0 Å². The van der Waals surface area contributed by atoms with Crippen LogP contribution in [0.2, 0.25) is 5.02 Å². The van der Waals surface area contributed by atoms with Crippen molar-refractivity contribution in [1.29, 1.82) is 0 Å². The Hall–Kier alpha value is -1.56. The molecule has 122 valence electrons. The van der Waals surface area contributed by atoms with Crippen LogP contribution in [0.15, 0.2) is 41.1 Å². The van der Waals surface area contributed by atoms with Gasteiger partial charge in [0.05, 0.1) is 0 Å². The lowest BCUT2D eigenvalue weighted by atomic mass is 10.2. The normalized spacial score (nSPS) is 15.6. The summed E-state index contributed by atoms with van der Waals surface area (Å²) in [5.74, 6) is 0. The Morgan fingerprint density at radius 3 is 2.48 bits per heavy atom. The Kier molecular flexibility index (Phi) is 5.54. The van der Waals surface area contributed by atoms with Crippen molar-refractivity contribution in [3.63, 3.8) is 0 Å². The molecule has 4 nitrogen and oxygen atoms in total. The summed E-state index contributed by atoms with van der Waals surface area (Å²) in [5.41, 5.74) is 2.41. The highest BCUT2D eigenvalue weighted by molar-refractivity contribution is 7.07. The maximum absolute atomic E-state index is 12.2. The number of halogens is 1. The summed E-state index contributed by atoms with van der Waals surface area (Å²) in [4.78, 5) is 16.5. The van der Waals surface area contributed by atoms with Crippen LogP contribution >= 0.6 is 22.9 Å². The van der Waals surface area contributed by atoms with Crippen molar-refractivity contribution in [1.82, 2.24) is 15.1 Å². The predicted octanol–water partition coefficient (Wildman–Crippen LogP) is 3.43. The Balaban J connectivity index is 1.42. The molecule has 0 aliphatic carbocycles. The van der Waals surface area contributed by atoms with Crippen LogP contribution in [0.4, 0.5) is 4.79 Å². The molecule has 0 bridgehead atoms. The first-order valence-electron chi connectivity index (χ1n) is 7.71. The molecule has 1 saturated heterocycles. The van der Waals surface area contributed by atoms with Crippen LogP contribution in [-0.4, -0.2) is 42.0 Å². The van der Waals surface area contributed by atoms with Gasteiger partial charge in [-0.25, -0.2) is 4.79 Å². The molecule has 1 N–H and O–H groups in total. The third-order valence-electron chi connectivity index (χ3n) is 4.00. The van der Waals surface area contributed by atoms with Gasteiger partial charge in [-0.3, -0.25) is 4.90 Å². The van der Waals surface area contributed by atoms with Gasteiger partial charge in [0.15, 0.2) is 0 Å². The number of carbonyl (C=O) groups is 1. The minimum Gasteiger partial charge on any atom is -0.334 e. The summed E-state index contributed by atoms with van der Waals surface area (Å²) in [6.07, 6.45) is 0. The highest BCUT2D eigenvalue weighted by Crippen LogP contribution is 2.12. The van der Waals surface area contributed by atoms with E-state index in [1.807, 2.05) is 29.2 Å². The third kappa shape index (κ3) is 4.70. The summed E-state index contributed by atoms with van der Waals surface area (Å²) in [6, 6.07) is 9.71.